The van der Waals surface area contributed by atoms with Crippen LogP contribution in [0, 0.1) is 6.92 Å². The first-order valence-corrected chi connectivity index (χ1v) is 8.18. The highest BCUT2D eigenvalue weighted by Gasteiger charge is 2.27. The van der Waals surface area contributed by atoms with Crippen molar-refractivity contribution in [3.63, 3.8) is 0 Å². The Balaban J connectivity index is 2.58. The van der Waals surface area contributed by atoms with Crippen LogP contribution in [0.5, 0.6) is 0 Å². The molecule has 0 unspecified atom stereocenters. The molecule has 2 rings (SSSR count). The van der Waals surface area contributed by atoms with E-state index in [0.717, 1.165) is 5.56 Å². The van der Waals surface area contributed by atoms with Crippen LogP contribution in [0.1, 0.15) is 18.2 Å². The van der Waals surface area contributed by atoms with Crippen molar-refractivity contribution in [2.75, 3.05) is 10.8 Å². The lowest BCUT2D eigenvalue weighted by atomic mass is 10.2. The van der Waals surface area contributed by atoms with Gasteiger partial charge in [0.25, 0.3) is 10.0 Å². The maximum atomic E-state index is 12.9. The maximum Gasteiger partial charge on any atom is 0.266 e. The topological polar surface area (TPSA) is 76.3 Å². The molecule has 0 amide bonds. The van der Waals surface area contributed by atoms with E-state index in [1.807, 2.05) is 32.0 Å². The van der Waals surface area contributed by atoms with E-state index in [-0.39, 0.29) is 11.4 Å². The van der Waals surface area contributed by atoms with Crippen LogP contribution in [0.4, 0.5) is 5.69 Å². The summed E-state index contributed by atoms with van der Waals surface area (Å²) in [5.41, 5.74) is 7.57. The second-order valence-corrected chi connectivity index (χ2v) is 6.44. The molecule has 5 nitrogen and oxygen atoms in total. The summed E-state index contributed by atoms with van der Waals surface area (Å²) in [4.78, 5) is 4.23. The number of nitrogens with zero attached hydrogens (tertiary/aromatic N) is 2. The molecule has 2 N–H and O–H groups in total. The Morgan fingerprint density at radius 2 is 1.90 bits per heavy atom. The number of rotatable bonds is 5. The van der Waals surface area contributed by atoms with Gasteiger partial charge in [-0.25, -0.2) is 8.42 Å². The first-order chi connectivity index (χ1) is 10.0. The van der Waals surface area contributed by atoms with Crippen LogP contribution in [-0.2, 0) is 16.6 Å². The number of nitrogens with two attached hydrogens (primary N) is 1. The molecule has 6 heteroatoms. The van der Waals surface area contributed by atoms with E-state index in [2.05, 4.69) is 4.98 Å². The van der Waals surface area contributed by atoms with Crippen molar-refractivity contribution in [2.24, 2.45) is 5.73 Å². The quantitative estimate of drug-likeness (QED) is 0.917. The summed E-state index contributed by atoms with van der Waals surface area (Å²) in [6.07, 6.45) is 1.55. The van der Waals surface area contributed by atoms with E-state index in [0.29, 0.717) is 17.9 Å². The average molecular weight is 305 g/mol. The van der Waals surface area contributed by atoms with Crippen molar-refractivity contribution in [1.82, 2.24) is 4.98 Å². The van der Waals surface area contributed by atoms with E-state index in [4.69, 9.17) is 5.73 Å². The minimum atomic E-state index is -3.68. The van der Waals surface area contributed by atoms with Gasteiger partial charge in [-0.15, -0.1) is 0 Å². The maximum absolute atomic E-state index is 12.9. The minimum Gasteiger partial charge on any atom is -0.325 e. The summed E-state index contributed by atoms with van der Waals surface area (Å²) in [6.45, 7) is 4.12. The van der Waals surface area contributed by atoms with E-state index >= 15 is 0 Å². The van der Waals surface area contributed by atoms with Gasteiger partial charge in [0.05, 0.1) is 11.4 Å². The van der Waals surface area contributed by atoms with Crippen molar-refractivity contribution in [3.05, 3.63) is 53.9 Å². The monoisotopic (exact) mass is 305 g/mol. The van der Waals surface area contributed by atoms with Gasteiger partial charge in [-0.1, -0.05) is 18.2 Å². The number of hydrogen-bond donors (Lipinski definition) is 1. The van der Waals surface area contributed by atoms with E-state index < -0.39 is 10.0 Å². The average Bonchev–Trinajstić information content (AvgIpc) is 2.49. The fraction of sp³-hybridized carbons (Fsp3) is 0.267. The smallest absolute Gasteiger partial charge is 0.266 e. The van der Waals surface area contributed by atoms with Gasteiger partial charge in [0.1, 0.15) is 4.90 Å². The summed E-state index contributed by atoms with van der Waals surface area (Å²) < 4.78 is 27.2. The Kier molecular flexibility index (Phi) is 4.59. The number of pyridine rings is 1. The summed E-state index contributed by atoms with van der Waals surface area (Å²) in [5.74, 6) is 0. The lowest BCUT2D eigenvalue weighted by Crippen LogP contribution is -2.32. The van der Waals surface area contributed by atoms with Gasteiger partial charge >= 0.3 is 0 Å². The van der Waals surface area contributed by atoms with Gasteiger partial charge in [-0.3, -0.25) is 9.29 Å². The molecule has 112 valence electrons. The van der Waals surface area contributed by atoms with Gasteiger partial charge in [0.15, 0.2) is 0 Å². The van der Waals surface area contributed by atoms with Crippen LogP contribution >= 0.6 is 0 Å². The summed E-state index contributed by atoms with van der Waals surface area (Å²) in [7, 11) is -3.68. The summed E-state index contributed by atoms with van der Waals surface area (Å²) in [6, 6.07) is 10.6. The molecule has 1 aromatic carbocycles. The molecule has 0 fully saturated rings. The Labute approximate surface area is 125 Å². The van der Waals surface area contributed by atoms with E-state index in [1.165, 1.54) is 4.31 Å². The lowest BCUT2D eigenvalue weighted by molar-refractivity contribution is 0.589. The molecule has 2 aromatic rings. The fourth-order valence-corrected chi connectivity index (χ4v) is 3.97. The molecule has 0 spiro atoms. The molecule has 0 aliphatic carbocycles. The summed E-state index contributed by atoms with van der Waals surface area (Å²) >= 11 is 0. The first-order valence-electron chi connectivity index (χ1n) is 6.74. The number of benzene rings is 1. The molecular weight excluding hydrogens is 286 g/mol. The number of hydrogen-bond acceptors (Lipinski definition) is 4. The van der Waals surface area contributed by atoms with E-state index in [1.54, 1.807) is 24.4 Å². The van der Waals surface area contributed by atoms with Crippen LogP contribution < -0.4 is 10.0 Å². The van der Waals surface area contributed by atoms with Crippen LogP contribution in [0.3, 0.4) is 0 Å². The van der Waals surface area contributed by atoms with Crippen LogP contribution in [0.25, 0.3) is 0 Å². The molecule has 1 aromatic heterocycles. The molecule has 21 heavy (non-hydrogen) atoms. The minimum absolute atomic E-state index is 0.0841. The number of aryl methyl sites for hydroxylation is 1. The molecule has 0 aliphatic rings. The van der Waals surface area contributed by atoms with Crippen molar-refractivity contribution in [1.29, 1.82) is 0 Å². The van der Waals surface area contributed by atoms with Crippen molar-refractivity contribution >= 4 is 15.7 Å². The van der Waals surface area contributed by atoms with Gasteiger partial charge in [-0.05, 0) is 37.6 Å². The Morgan fingerprint density at radius 3 is 2.52 bits per heavy atom. The molecule has 0 bridgehead atoms. The number of sulfonamides is 1. The fourth-order valence-electron chi connectivity index (χ4n) is 2.24. The molecule has 0 saturated carbocycles. The molecular formula is C15H19N3O2S. The Morgan fingerprint density at radius 1 is 1.19 bits per heavy atom. The Hall–Kier alpha value is -1.92. The molecule has 0 atom stereocenters. The predicted octanol–water partition coefficient (Wildman–Crippen LogP) is 2.06. The highest BCUT2D eigenvalue weighted by molar-refractivity contribution is 7.92. The van der Waals surface area contributed by atoms with Gasteiger partial charge in [0.2, 0.25) is 0 Å². The lowest BCUT2D eigenvalue weighted by Gasteiger charge is -2.25. The predicted molar refractivity (Wildman–Crippen MR) is 83.5 cm³/mol. The standard InChI is InChI=1S/C15H19N3O2S/c1-3-18(14-8-5-4-7-12(14)2)21(19,20)15-9-6-10-17-13(15)11-16/h4-10H,3,11,16H2,1-2H3. The Bertz CT molecular complexity index is 729. The zero-order chi connectivity index (χ0) is 15.5. The molecule has 0 aliphatic heterocycles. The second kappa shape index (κ2) is 6.24. The number of aromatic nitrogens is 1. The zero-order valence-corrected chi connectivity index (χ0v) is 13.0. The molecule has 0 radical (unpaired) electrons. The van der Waals surface area contributed by atoms with Crippen LogP contribution in [0.15, 0.2) is 47.5 Å². The highest BCUT2D eigenvalue weighted by Crippen LogP contribution is 2.27. The van der Waals surface area contributed by atoms with Gasteiger partial charge in [-0.2, -0.15) is 0 Å². The van der Waals surface area contributed by atoms with Gasteiger partial charge in [0, 0.05) is 19.3 Å². The van der Waals surface area contributed by atoms with Crippen molar-refractivity contribution in [2.45, 2.75) is 25.3 Å². The van der Waals surface area contributed by atoms with Crippen molar-refractivity contribution in [3.8, 4) is 0 Å². The van der Waals surface area contributed by atoms with Gasteiger partial charge < -0.3 is 5.73 Å². The number of para-hydroxylation sites is 1. The third-order valence-corrected chi connectivity index (χ3v) is 5.24. The number of anilines is 1. The third-order valence-electron chi connectivity index (χ3n) is 3.28. The second-order valence-electron chi connectivity index (χ2n) is 4.61. The molecule has 1 heterocycles. The highest BCUT2D eigenvalue weighted by atomic mass is 32.2. The zero-order valence-electron chi connectivity index (χ0n) is 12.2. The third kappa shape index (κ3) is 2.91. The van der Waals surface area contributed by atoms with Crippen molar-refractivity contribution < 1.29 is 8.42 Å². The first kappa shape index (κ1) is 15.5. The largest absolute Gasteiger partial charge is 0.325 e. The van der Waals surface area contributed by atoms with Crippen LogP contribution in [-0.4, -0.2) is 19.9 Å². The molecule has 0 saturated heterocycles. The SMILES string of the molecule is CCN(c1ccccc1C)S(=O)(=O)c1cccnc1CN. The van der Waals surface area contributed by atoms with E-state index in [9.17, 15) is 8.42 Å². The summed E-state index contributed by atoms with van der Waals surface area (Å²) in [5, 5.41) is 0. The normalized spacial score (nSPS) is 11.4. The van der Waals surface area contributed by atoms with Crippen LogP contribution in [0.2, 0.25) is 0 Å².